The molecule has 1 amide bonds. The van der Waals surface area contributed by atoms with E-state index >= 15 is 0 Å². The molecule has 1 aliphatic heterocycles. The van der Waals surface area contributed by atoms with Gasteiger partial charge in [-0.3, -0.25) is 4.79 Å². The van der Waals surface area contributed by atoms with Gasteiger partial charge in [0.25, 0.3) is 0 Å². The highest BCUT2D eigenvalue weighted by molar-refractivity contribution is 5.78. The molecule has 0 aromatic heterocycles. The van der Waals surface area contributed by atoms with Gasteiger partial charge in [0, 0.05) is 13.2 Å². The number of hydrogen-bond acceptors (Lipinski definition) is 2. The van der Waals surface area contributed by atoms with Gasteiger partial charge in [0.1, 0.15) is 0 Å². The Kier molecular flexibility index (Phi) is 4.94. The van der Waals surface area contributed by atoms with Gasteiger partial charge in [0.15, 0.2) is 0 Å². The van der Waals surface area contributed by atoms with Crippen LogP contribution in [0.1, 0.15) is 33.1 Å². The summed E-state index contributed by atoms with van der Waals surface area (Å²) >= 11 is 0. The summed E-state index contributed by atoms with van der Waals surface area (Å²) in [7, 11) is 0. The topological polar surface area (TPSA) is 38.3 Å². The first-order valence-corrected chi connectivity index (χ1v) is 5.55. The maximum Gasteiger partial charge on any atom is 0.225 e. The van der Waals surface area contributed by atoms with Crippen LogP contribution in [0.25, 0.3) is 0 Å². The van der Waals surface area contributed by atoms with E-state index in [2.05, 4.69) is 19.2 Å². The lowest BCUT2D eigenvalue weighted by Gasteiger charge is -2.21. The molecule has 0 radical (unpaired) electrons. The average molecular weight is 199 g/mol. The lowest BCUT2D eigenvalue weighted by atomic mass is 10.0. The quantitative estimate of drug-likeness (QED) is 0.746. The van der Waals surface area contributed by atoms with Gasteiger partial charge in [0.2, 0.25) is 5.91 Å². The third kappa shape index (κ3) is 4.09. The van der Waals surface area contributed by atoms with Crippen LogP contribution >= 0.6 is 0 Å². The number of nitrogens with one attached hydrogen (secondary N) is 1. The van der Waals surface area contributed by atoms with Gasteiger partial charge in [-0.2, -0.15) is 0 Å². The summed E-state index contributed by atoms with van der Waals surface area (Å²) in [5, 5.41) is 2.96. The minimum atomic E-state index is 0.0934. The molecule has 1 aliphatic rings. The molecule has 3 heteroatoms. The maximum absolute atomic E-state index is 11.6. The molecule has 1 fully saturated rings. The van der Waals surface area contributed by atoms with Crippen molar-refractivity contribution < 1.29 is 9.53 Å². The highest BCUT2D eigenvalue weighted by Crippen LogP contribution is 2.13. The molecule has 3 nitrogen and oxygen atoms in total. The zero-order valence-corrected chi connectivity index (χ0v) is 9.21. The van der Waals surface area contributed by atoms with Crippen LogP contribution in [0.3, 0.4) is 0 Å². The summed E-state index contributed by atoms with van der Waals surface area (Å²) in [5.41, 5.74) is 0. The maximum atomic E-state index is 11.6. The monoisotopic (exact) mass is 199 g/mol. The Morgan fingerprint density at radius 3 is 2.93 bits per heavy atom. The predicted octanol–water partition coefficient (Wildman–Crippen LogP) is 1.58. The van der Waals surface area contributed by atoms with Crippen LogP contribution in [0.2, 0.25) is 0 Å². The van der Waals surface area contributed by atoms with E-state index < -0.39 is 0 Å². The molecule has 0 bridgehead atoms. The van der Waals surface area contributed by atoms with Gasteiger partial charge >= 0.3 is 0 Å². The Bertz CT molecular complexity index is 174. The number of hydrogen-bond donors (Lipinski definition) is 1. The smallest absolute Gasteiger partial charge is 0.225 e. The van der Waals surface area contributed by atoms with Crippen LogP contribution in [-0.4, -0.2) is 25.7 Å². The second-order valence-corrected chi connectivity index (χ2v) is 4.39. The normalized spacial score (nSPS) is 22.4. The number of carbonyl (C=O) groups is 1. The highest BCUT2D eigenvalue weighted by Gasteiger charge is 2.20. The van der Waals surface area contributed by atoms with E-state index in [1.54, 1.807) is 0 Å². The predicted molar refractivity (Wildman–Crippen MR) is 56.0 cm³/mol. The van der Waals surface area contributed by atoms with E-state index in [-0.39, 0.29) is 11.8 Å². The summed E-state index contributed by atoms with van der Waals surface area (Å²) in [6.07, 6.45) is 3.05. The molecule has 0 aromatic carbocycles. The SMILES string of the molecule is CC(C)CCNC(=O)C1CCCOC1. The van der Waals surface area contributed by atoms with Gasteiger partial charge in [0.05, 0.1) is 12.5 Å². The highest BCUT2D eigenvalue weighted by atomic mass is 16.5. The van der Waals surface area contributed by atoms with Crippen LogP contribution < -0.4 is 5.32 Å². The third-order valence-corrected chi connectivity index (χ3v) is 2.55. The van der Waals surface area contributed by atoms with Gasteiger partial charge in [-0.05, 0) is 25.2 Å². The van der Waals surface area contributed by atoms with Crippen molar-refractivity contribution in [2.45, 2.75) is 33.1 Å². The van der Waals surface area contributed by atoms with Crippen molar-refractivity contribution in [1.29, 1.82) is 0 Å². The van der Waals surface area contributed by atoms with Crippen molar-refractivity contribution in [1.82, 2.24) is 5.32 Å². The second-order valence-electron chi connectivity index (χ2n) is 4.39. The van der Waals surface area contributed by atoms with E-state index in [1.807, 2.05) is 0 Å². The minimum absolute atomic E-state index is 0.0934. The summed E-state index contributed by atoms with van der Waals surface area (Å²) in [5.74, 6) is 0.916. The number of amides is 1. The summed E-state index contributed by atoms with van der Waals surface area (Å²) in [6.45, 7) is 6.54. The van der Waals surface area contributed by atoms with Crippen molar-refractivity contribution >= 4 is 5.91 Å². The van der Waals surface area contributed by atoms with Gasteiger partial charge < -0.3 is 10.1 Å². The van der Waals surface area contributed by atoms with Crippen molar-refractivity contribution in [2.24, 2.45) is 11.8 Å². The fourth-order valence-corrected chi connectivity index (χ4v) is 1.58. The standard InChI is InChI=1S/C11H21NO2/c1-9(2)5-6-12-11(13)10-4-3-7-14-8-10/h9-10H,3-8H2,1-2H3,(H,12,13). The summed E-state index contributed by atoms with van der Waals surface area (Å²) < 4.78 is 5.27. The zero-order chi connectivity index (χ0) is 10.4. The zero-order valence-electron chi connectivity index (χ0n) is 9.21. The van der Waals surface area contributed by atoms with Crippen molar-refractivity contribution in [3.63, 3.8) is 0 Å². The van der Waals surface area contributed by atoms with E-state index in [0.29, 0.717) is 12.5 Å². The van der Waals surface area contributed by atoms with E-state index in [4.69, 9.17) is 4.74 Å². The lowest BCUT2D eigenvalue weighted by Crippen LogP contribution is -2.36. The molecule has 1 unspecified atom stereocenters. The molecule has 0 aliphatic carbocycles. The minimum Gasteiger partial charge on any atom is -0.381 e. The molecule has 1 atom stereocenters. The Morgan fingerprint density at radius 1 is 1.57 bits per heavy atom. The first-order chi connectivity index (χ1) is 6.70. The Labute approximate surface area is 86.2 Å². The second kappa shape index (κ2) is 6.02. The van der Waals surface area contributed by atoms with E-state index in [1.165, 1.54) is 0 Å². The number of carbonyl (C=O) groups excluding carboxylic acids is 1. The first-order valence-electron chi connectivity index (χ1n) is 5.55. The molecule has 1 saturated heterocycles. The van der Waals surface area contributed by atoms with E-state index in [9.17, 15) is 4.79 Å². The molecule has 82 valence electrons. The lowest BCUT2D eigenvalue weighted by molar-refractivity contribution is -0.128. The fourth-order valence-electron chi connectivity index (χ4n) is 1.58. The molecule has 0 saturated carbocycles. The molecule has 14 heavy (non-hydrogen) atoms. The van der Waals surface area contributed by atoms with Gasteiger partial charge in [-0.1, -0.05) is 13.8 Å². The van der Waals surface area contributed by atoms with Crippen LogP contribution in [0.5, 0.6) is 0 Å². The third-order valence-electron chi connectivity index (χ3n) is 2.55. The van der Waals surface area contributed by atoms with Gasteiger partial charge in [-0.25, -0.2) is 0 Å². The molecule has 0 spiro atoms. The Hall–Kier alpha value is -0.570. The van der Waals surface area contributed by atoms with E-state index in [0.717, 1.165) is 32.4 Å². The molecule has 0 aromatic rings. The summed E-state index contributed by atoms with van der Waals surface area (Å²) in [4.78, 5) is 11.6. The molecule has 1 heterocycles. The van der Waals surface area contributed by atoms with Crippen molar-refractivity contribution in [3.8, 4) is 0 Å². The molecular formula is C11H21NO2. The average Bonchev–Trinajstić information content (AvgIpc) is 2.18. The van der Waals surface area contributed by atoms with Crippen molar-refractivity contribution in [2.75, 3.05) is 19.8 Å². The number of ether oxygens (including phenoxy) is 1. The Morgan fingerprint density at radius 2 is 2.36 bits per heavy atom. The van der Waals surface area contributed by atoms with Crippen molar-refractivity contribution in [3.05, 3.63) is 0 Å². The molecule has 1 N–H and O–H groups in total. The van der Waals surface area contributed by atoms with Crippen LogP contribution in [0.15, 0.2) is 0 Å². The fraction of sp³-hybridized carbons (Fsp3) is 0.909. The molecular weight excluding hydrogens is 178 g/mol. The molecule has 1 rings (SSSR count). The van der Waals surface area contributed by atoms with Crippen LogP contribution in [0, 0.1) is 11.8 Å². The Balaban J connectivity index is 2.13. The van der Waals surface area contributed by atoms with Crippen LogP contribution in [0.4, 0.5) is 0 Å². The largest absolute Gasteiger partial charge is 0.381 e. The number of rotatable bonds is 4. The van der Waals surface area contributed by atoms with Gasteiger partial charge in [-0.15, -0.1) is 0 Å². The first kappa shape index (κ1) is 11.5. The summed E-state index contributed by atoms with van der Waals surface area (Å²) in [6, 6.07) is 0. The van der Waals surface area contributed by atoms with Crippen LogP contribution in [-0.2, 0) is 9.53 Å².